The molecule has 1 atom stereocenters. The molecule has 5 rings (SSSR count). The molecular formula is C28H28ClN5O5. The van der Waals surface area contributed by atoms with Crippen LogP contribution in [-0.2, 0) is 33.8 Å². The van der Waals surface area contributed by atoms with E-state index in [1.54, 1.807) is 41.0 Å². The number of nitrogens with one attached hydrogen (secondary N) is 1. The number of morpholine rings is 1. The highest BCUT2D eigenvalue weighted by molar-refractivity contribution is 6.31. The number of nitriles is 1. The van der Waals surface area contributed by atoms with Gasteiger partial charge < -0.3 is 15.0 Å². The molecule has 1 aromatic heterocycles. The van der Waals surface area contributed by atoms with Crippen LogP contribution < -0.4 is 16.6 Å². The van der Waals surface area contributed by atoms with E-state index in [9.17, 15) is 19.2 Å². The number of hydrogen-bond acceptors (Lipinski definition) is 6. The van der Waals surface area contributed by atoms with Gasteiger partial charge in [0, 0.05) is 25.3 Å². The molecule has 1 unspecified atom stereocenters. The van der Waals surface area contributed by atoms with Gasteiger partial charge in [0.1, 0.15) is 12.1 Å². The monoisotopic (exact) mass is 549 g/mol. The van der Waals surface area contributed by atoms with Gasteiger partial charge >= 0.3 is 5.69 Å². The van der Waals surface area contributed by atoms with Crippen LogP contribution in [0.15, 0.2) is 46.0 Å². The van der Waals surface area contributed by atoms with Crippen LogP contribution in [0.1, 0.15) is 30.9 Å². The maximum absolute atomic E-state index is 13.3. The van der Waals surface area contributed by atoms with Crippen molar-refractivity contribution < 1.29 is 14.3 Å². The topological polar surface area (TPSA) is 126 Å². The molecule has 2 amide bonds. The Labute approximate surface area is 229 Å². The molecule has 0 spiro atoms. The number of amides is 2. The van der Waals surface area contributed by atoms with Gasteiger partial charge in [0.25, 0.3) is 5.56 Å². The number of ether oxygens (including phenoxy) is 1. The van der Waals surface area contributed by atoms with Crippen molar-refractivity contribution in [3.8, 4) is 6.07 Å². The summed E-state index contributed by atoms with van der Waals surface area (Å²) in [5.74, 6) is -0.369. The number of benzene rings is 2. The highest BCUT2D eigenvalue weighted by Crippen LogP contribution is 2.30. The van der Waals surface area contributed by atoms with E-state index in [1.165, 1.54) is 9.47 Å². The van der Waals surface area contributed by atoms with Crippen molar-refractivity contribution in [2.45, 2.75) is 45.3 Å². The number of fused-ring (bicyclic) bond motifs is 1. The van der Waals surface area contributed by atoms with Gasteiger partial charge in [0.15, 0.2) is 0 Å². The maximum atomic E-state index is 13.3. The first-order chi connectivity index (χ1) is 18.8. The van der Waals surface area contributed by atoms with Crippen molar-refractivity contribution in [3.05, 3.63) is 73.4 Å². The Bertz CT molecular complexity index is 1620. The van der Waals surface area contributed by atoms with Crippen LogP contribution >= 0.6 is 11.6 Å². The second-order valence-corrected chi connectivity index (χ2v) is 10.3. The lowest BCUT2D eigenvalue weighted by atomic mass is 10.1. The molecule has 10 nitrogen and oxygen atoms in total. The molecule has 0 radical (unpaired) electrons. The summed E-state index contributed by atoms with van der Waals surface area (Å²) in [5.41, 5.74) is 1.16. The van der Waals surface area contributed by atoms with E-state index in [0.717, 1.165) is 12.8 Å². The molecule has 1 saturated heterocycles. The Morgan fingerprint density at radius 2 is 1.95 bits per heavy atom. The van der Waals surface area contributed by atoms with E-state index in [4.69, 9.17) is 21.6 Å². The second kappa shape index (κ2) is 11.0. The molecule has 0 bridgehead atoms. The predicted octanol–water partition coefficient (Wildman–Crippen LogP) is 2.53. The number of aryl methyl sites for hydroxylation is 1. The normalized spacial score (nSPS) is 17.2. The van der Waals surface area contributed by atoms with Crippen LogP contribution in [-0.4, -0.2) is 51.6 Å². The Morgan fingerprint density at radius 1 is 1.15 bits per heavy atom. The number of nitrogens with zero attached hydrogens (tertiary/aromatic N) is 4. The van der Waals surface area contributed by atoms with Crippen LogP contribution in [0, 0.1) is 17.2 Å². The summed E-state index contributed by atoms with van der Waals surface area (Å²) in [4.78, 5) is 54.1. The summed E-state index contributed by atoms with van der Waals surface area (Å²) in [6.07, 6.45) is 2.02. The van der Waals surface area contributed by atoms with Crippen molar-refractivity contribution in [3.63, 3.8) is 0 Å². The molecule has 1 N–H and O–H groups in total. The SMILES string of the molecule is CCn1c(=O)n(CC2CC2)c(=O)c2cc(NC(=O)C3COCCN3C(=O)Cc3ccc(C#N)c(Cl)c3)ccc21. The minimum absolute atomic E-state index is 0.0142. The lowest BCUT2D eigenvalue weighted by molar-refractivity contribution is -0.145. The number of rotatable bonds is 7. The smallest absolute Gasteiger partial charge is 0.331 e. The number of hydrogen-bond donors (Lipinski definition) is 1. The molecular weight excluding hydrogens is 522 g/mol. The Hall–Kier alpha value is -3.94. The third-order valence-electron chi connectivity index (χ3n) is 7.21. The number of carbonyl (C=O) groups excluding carboxylic acids is 2. The van der Waals surface area contributed by atoms with E-state index >= 15 is 0 Å². The van der Waals surface area contributed by atoms with E-state index in [1.807, 2.05) is 13.0 Å². The third kappa shape index (κ3) is 5.46. The largest absolute Gasteiger partial charge is 0.377 e. The molecule has 202 valence electrons. The average Bonchev–Trinajstić information content (AvgIpc) is 3.76. The average molecular weight is 550 g/mol. The molecule has 1 aliphatic heterocycles. The van der Waals surface area contributed by atoms with Crippen LogP contribution in [0.4, 0.5) is 5.69 Å². The summed E-state index contributed by atoms with van der Waals surface area (Å²) >= 11 is 6.11. The van der Waals surface area contributed by atoms with Gasteiger partial charge in [0.05, 0.1) is 41.1 Å². The molecule has 2 heterocycles. The number of carbonyl (C=O) groups is 2. The van der Waals surface area contributed by atoms with Crippen molar-refractivity contribution in [2.24, 2.45) is 5.92 Å². The molecule has 2 fully saturated rings. The van der Waals surface area contributed by atoms with E-state index < -0.39 is 11.9 Å². The van der Waals surface area contributed by atoms with Gasteiger partial charge in [0.2, 0.25) is 11.8 Å². The van der Waals surface area contributed by atoms with Crippen LogP contribution in [0.2, 0.25) is 5.02 Å². The maximum Gasteiger partial charge on any atom is 0.331 e. The minimum atomic E-state index is -0.869. The number of aromatic nitrogens is 2. The molecule has 1 saturated carbocycles. The Morgan fingerprint density at radius 3 is 2.64 bits per heavy atom. The number of anilines is 1. The Balaban J connectivity index is 1.37. The van der Waals surface area contributed by atoms with Crippen LogP contribution in [0.3, 0.4) is 0 Å². The molecule has 2 aromatic carbocycles. The molecule has 39 heavy (non-hydrogen) atoms. The summed E-state index contributed by atoms with van der Waals surface area (Å²) in [6.45, 7) is 3.23. The quantitative estimate of drug-likeness (QED) is 0.482. The van der Waals surface area contributed by atoms with E-state index in [-0.39, 0.29) is 41.8 Å². The van der Waals surface area contributed by atoms with E-state index in [0.29, 0.717) is 53.3 Å². The van der Waals surface area contributed by atoms with Gasteiger partial charge in [-0.05, 0) is 61.6 Å². The van der Waals surface area contributed by atoms with Crippen molar-refractivity contribution in [2.75, 3.05) is 25.1 Å². The zero-order valence-electron chi connectivity index (χ0n) is 21.5. The van der Waals surface area contributed by atoms with Gasteiger partial charge in [-0.3, -0.25) is 23.5 Å². The first-order valence-electron chi connectivity index (χ1n) is 12.9. The molecule has 3 aromatic rings. The summed E-state index contributed by atoms with van der Waals surface area (Å²) in [7, 11) is 0. The fourth-order valence-corrected chi connectivity index (χ4v) is 5.15. The molecule has 2 aliphatic rings. The first-order valence-corrected chi connectivity index (χ1v) is 13.3. The van der Waals surface area contributed by atoms with Crippen molar-refractivity contribution >= 4 is 40.0 Å². The highest BCUT2D eigenvalue weighted by atomic mass is 35.5. The highest BCUT2D eigenvalue weighted by Gasteiger charge is 2.33. The summed E-state index contributed by atoms with van der Waals surface area (Å²) in [6, 6.07) is 10.8. The van der Waals surface area contributed by atoms with Crippen LogP contribution in [0.5, 0.6) is 0 Å². The fraction of sp³-hybridized carbons (Fsp3) is 0.393. The number of halogens is 1. The minimum Gasteiger partial charge on any atom is -0.377 e. The zero-order chi connectivity index (χ0) is 27.7. The lowest BCUT2D eigenvalue weighted by Crippen LogP contribution is -2.54. The third-order valence-corrected chi connectivity index (χ3v) is 7.52. The first kappa shape index (κ1) is 26.7. The summed E-state index contributed by atoms with van der Waals surface area (Å²) in [5, 5.41) is 12.5. The Kier molecular flexibility index (Phi) is 7.55. The van der Waals surface area contributed by atoms with Crippen molar-refractivity contribution in [1.82, 2.24) is 14.0 Å². The zero-order valence-corrected chi connectivity index (χ0v) is 22.2. The fourth-order valence-electron chi connectivity index (χ4n) is 4.91. The molecule has 1 aliphatic carbocycles. The lowest BCUT2D eigenvalue weighted by Gasteiger charge is -2.34. The van der Waals surface area contributed by atoms with E-state index in [2.05, 4.69) is 5.32 Å². The second-order valence-electron chi connectivity index (χ2n) is 9.89. The standard InChI is InChI=1S/C28H28ClN5O5/c1-2-32-23-8-7-20(13-21(23)27(37)34(28(32)38)15-17-3-4-17)31-26(36)24-16-39-10-9-33(24)25(35)12-18-5-6-19(14-30)22(29)11-18/h5-8,11,13,17,24H,2-4,9-10,12,15-16H2,1H3,(H,31,36). The van der Waals surface area contributed by atoms with Gasteiger partial charge in [-0.2, -0.15) is 5.26 Å². The predicted molar refractivity (Wildman–Crippen MR) is 146 cm³/mol. The van der Waals surface area contributed by atoms with Gasteiger partial charge in [-0.1, -0.05) is 17.7 Å². The summed E-state index contributed by atoms with van der Waals surface area (Å²) < 4.78 is 8.37. The van der Waals surface area contributed by atoms with Gasteiger partial charge in [-0.25, -0.2) is 4.79 Å². The van der Waals surface area contributed by atoms with Gasteiger partial charge in [-0.15, -0.1) is 0 Å². The van der Waals surface area contributed by atoms with Crippen molar-refractivity contribution in [1.29, 1.82) is 5.26 Å². The van der Waals surface area contributed by atoms with Crippen LogP contribution in [0.25, 0.3) is 10.9 Å². The molecule has 11 heteroatoms.